The normalized spacial score (nSPS) is 12.9. The number of nitrogens with zero attached hydrogens (tertiary/aromatic N) is 1. The van der Waals surface area contributed by atoms with Gasteiger partial charge >= 0.3 is 0 Å². The lowest BCUT2D eigenvalue weighted by atomic mass is 9.81. The Labute approximate surface area is 337 Å². The second kappa shape index (κ2) is 13.2. The summed E-state index contributed by atoms with van der Waals surface area (Å²) in [5.41, 5.74) is 16.2. The van der Waals surface area contributed by atoms with Crippen molar-refractivity contribution in [2.75, 3.05) is 4.90 Å². The van der Waals surface area contributed by atoms with Crippen molar-refractivity contribution in [3.05, 3.63) is 211 Å². The van der Waals surface area contributed by atoms with E-state index in [4.69, 9.17) is 0 Å². The molecule has 1 aliphatic carbocycles. The maximum atomic E-state index is 2.41. The molecular weight excluding hydrogens is 707 g/mol. The molecule has 1 aromatic heterocycles. The predicted molar refractivity (Wildman–Crippen MR) is 245 cm³/mol. The van der Waals surface area contributed by atoms with Crippen molar-refractivity contribution >= 4 is 59.3 Å². The lowest BCUT2D eigenvalue weighted by Crippen LogP contribution is -2.14. The molecule has 10 aromatic rings. The summed E-state index contributed by atoms with van der Waals surface area (Å²) in [6, 6.07) is 73.9. The maximum absolute atomic E-state index is 2.41. The first-order valence-corrected chi connectivity index (χ1v) is 20.6. The minimum absolute atomic E-state index is 0.0347. The minimum Gasteiger partial charge on any atom is -0.310 e. The number of benzene rings is 9. The molecule has 2 heteroatoms. The van der Waals surface area contributed by atoms with E-state index in [2.05, 4.69) is 219 Å². The van der Waals surface area contributed by atoms with E-state index in [-0.39, 0.29) is 5.41 Å². The Morgan fingerprint density at radius 2 is 0.912 bits per heavy atom. The van der Waals surface area contributed by atoms with Crippen LogP contribution in [0.5, 0.6) is 0 Å². The lowest BCUT2D eigenvalue weighted by molar-refractivity contribution is 0.660. The molecule has 0 saturated carbocycles. The molecule has 0 saturated heterocycles. The molecule has 0 fully saturated rings. The van der Waals surface area contributed by atoms with Crippen molar-refractivity contribution in [1.29, 1.82) is 0 Å². The number of fused-ring (bicyclic) bond motifs is 7. The number of hydrogen-bond donors (Lipinski definition) is 0. The van der Waals surface area contributed by atoms with Gasteiger partial charge in [-0.1, -0.05) is 147 Å². The molecule has 0 spiro atoms. The highest BCUT2D eigenvalue weighted by Gasteiger charge is 2.35. The number of anilines is 3. The number of hydrogen-bond acceptors (Lipinski definition) is 2. The van der Waals surface area contributed by atoms with Crippen LogP contribution in [0.15, 0.2) is 200 Å². The molecule has 0 unspecified atom stereocenters. The lowest BCUT2D eigenvalue weighted by Gasteiger charge is -2.26. The average Bonchev–Trinajstić information content (AvgIpc) is 3.75. The van der Waals surface area contributed by atoms with Crippen LogP contribution in [0.4, 0.5) is 17.1 Å². The molecule has 1 nitrogen and oxygen atoms in total. The first-order chi connectivity index (χ1) is 28.0. The Morgan fingerprint density at radius 3 is 1.70 bits per heavy atom. The predicted octanol–water partition coefficient (Wildman–Crippen LogP) is 16.0. The van der Waals surface area contributed by atoms with Crippen LogP contribution in [0, 0.1) is 0 Å². The Balaban J connectivity index is 0.969. The fraction of sp³-hybridized carbons (Fsp3) is 0.0545. The summed E-state index contributed by atoms with van der Waals surface area (Å²) in [5, 5.41) is 5.11. The van der Waals surface area contributed by atoms with Crippen LogP contribution >= 0.6 is 11.3 Å². The van der Waals surface area contributed by atoms with E-state index in [1.807, 2.05) is 11.3 Å². The average molecular weight is 746 g/mol. The molecule has 9 aromatic carbocycles. The number of rotatable bonds is 6. The van der Waals surface area contributed by atoms with Crippen LogP contribution in [0.3, 0.4) is 0 Å². The summed E-state index contributed by atoms with van der Waals surface area (Å²) < 4.78 is 2.62. The standard InChI is InChI=1S/C55H39NS/c1-55(2)51-16-7-5-14-47(51)48-30-24-43(34-52(48)55)38-22-27-45(28-23-38)56(46-29-31-54-50(35-46)49-15-6-8-17-53(49)57-54)44-25-20-37(21-26-44)40-12-9-13-41(32-40)42-19-18-36-10-3-4-11-39(36)33-42/h3-35H,1-2H3. The SMILES string of the molecule is CC1(C)c2ccccc2-c2ccc(-c3ccc(N(c4ccc(-c5cccc(-c6ccc7ccccc7c6)c5)cc4)c4ccc5sc6ccccc6c5c4)cc3)cc21. The van der Waals surface area contributed by atoms with Gasteiger partial charge in [0.1, 0.15) is 0 Å². The zero-order valence-electron chi connectivity index (χ0n) is 31.9. The Kier molecular flexibility index (Phi) is 7.77. The largest absolute Gasteiger partial charge is 0.310 e. The topological polar surface area (TPSA) is 3.24 Å². The van der Waals surface area contributed by atoms with Crippen LogP contribution in [0.25, 0.3) is 75.5 Å². The third-order valence-corrected chi connectivity index (χ3v) is 13.2. The summed E-state index contributed by atoms with van der Waals surface area (Å²) in [4.78, 5) is 2.40. The third kappa shape index (κ3) is 5.67. The summed E-state index contributed by atoms with van der Waals surface area (Å²) in [5.74, 6) is 0. The fourth-order valence-corrected chi connectivity index (χ4v) is 10.1. The van der Waals surface area contributed by atoms with Gasteiger partial charge in [-0.15, -0.1) is 11.3 Å². The van der Waals surface area contributed by atoms with Gasteiger partial charge in [-0.2, -0.15) is 0 Å². The van der Waals surface area contributed by atoms with Gasteiger partial charge in [0.2, 0.25) is 0 Å². The van der Waals surface area contributed by atoms with Gasteiger partial charge in [-0.05, 0) is 133 Å². The zero-order valence-corrected chi connectivity index (χ0v) is 32.7. The van der Waals surface area contributed by atoms with Crippen LogP contribution in [0.2, 0.25) is 0 Å². The molecule has 11 rings (SSSR count). The van der Waals surface area contributed by atoms with Gasteiger partial charge in [0, 0.05) is 42.6 Å². The third-order valence-electron chi connectivity index (χ3n) is 12.1. The maximum Gasteiger partial charge on any atom is 0.0468 e. The molecular formula is C55H39NS. The molecule has 1 aliphatic rings. The smallest absolute Gasteiger partial charge is 0.0468 e. The van der Waals surface area contributed by atoms with Gasteiger partial charge in [0.05, 0.1) is 0 Å². The molecule has 0 atom stereocenters. The molecule has 270 valence electrons. The second-order valence-corrected chi connectivity index (χ2v) is 16.9. The van der Waals surface area contributed by atoms with E-state index < -0.39 is 0 Å². The van der Waals surface area contributed by atoms with E-state index >= 15 is 0 Å². The molecule has 0 radical (unpaired) electrons. The van der Waals surface area contributed by atoms with Crippen LogP contribution in [-0.2, 0) is 5.41 Å². The van der Waals surface area contributed by atoms with E-state index in [1.165, 1.54) is 86.6 Å². The molecule has 0 aliphatic heterocycles. The van der Waals surface area contributed by atoms with Crippen LogP contribution < -0.4 is 4.90 Å². The van der Waals surface area contributed by atoms with Gasteiger partial charge < -0.3 is 4.90 Å². The Morgan fingerprint density at radius 1 is 0.351 bits per heavy atom. The van der Waals surface area contributed by atoms with E-state index in [0.29, 0.717) is 0 Å². The number of thiophene rings is 1. The summed E-state index contributed by atoms with van der Waals surface area (Å²) >= 11 is 1.86. The van der Waals surface area contributed by atoms with Crippen LogP contribution in [-0.4, -0.2) is 0 Å². The van der Waals surface area contributed by atoms with Crippen molar-refractivity contribution in [2.24, 2.45) is 0 Å². The molecule has 0 N–H and O–H groups in total. The first kappa shape index (κ1) is 33.6. The summed E-state index contributed by atoms with van der Waals surface area (Å²) in [6.45, 7) is 4.70. The summed E-state index contributed by atoms with van der Waals surface area (Å²) in [6.07, 6.45) is 0. The Bertz CT molecular complexity index is 3150. The quantitative estimate of drug-likeness (QED) is 0.164. The Hall–Kier alpha value is -6.74. The highest BCUT2D eigenvalue weighted by molar-refractivity contribution is 7.25. The molecule has 1 heterocycles. The van der Waals surface area contributed by atoms with Gasteiger partial charge in [-0.3, -0.25) is 0 Å². The zero-order chi connectivity index (χ0) is 38.1. The molecule has 0 bridgehead atoms. The van der Waals surface area contributed by atoms with E-state index in [9.17, 15) is 0 Å². The van der Waals surface area contributed by atoms with Gasteiger partial charge in [0.15, 0.2) is 0 Å². The van der Waals surface area contributed by atoms with Crippen molar-refractivity contribution in [1.82, 2.24) is 0 Å². The van der Waals surface area contributed by atoms with Crippen molar-refractivity contribution in [3.63, 3.8) is 0 Å². The monoisotopic (exact) mass is 745 g/mol. The molecule has 0 amide bonds. The van der Waals surface area contributed by atoms with Gasteiger partial charge in [0.25, 0.3) is 0 Å². The summed E-state index contributed by atoms with van der Waals surface area (Å²) in [7, 11) is 0. The van der Waals surface area contributed by atoms with E-state index in [0.717, 1.165) is 17.1 Å². The minimum atomic E-state index is -0.0347. The highest BCUT2D eigenvalue weighted by Crippen LogP contribution is 2.50. The van der Waals surface area contributed by atoms with Crippen LogP contribution in [0.1, 0.15) is 25.0 Å². The van der Waals surface area contributed by atoms with Crippen molar-refractivity contribution in [3.8, 4) is 44.5 Å². The molecule has 57 heavy (non-hydrogen) atoms. The second-order valence-electron chi connectivity index (χ2n) is 15.8. The van der Waals surface area contributed by atoms with Gasteiger partial charge in [-0.25, -0.2) is 0 Å². The first-order valence-electron chi connectivity index (χ1n) is 19.7. The van der Waals surface area contributed by atoms with Crippen molar-refractivity contribution < 1.29 is 0 Å². The highest BCUT2D eigenvalue weighted by atomic mass is 32.1. The van der Waals surface area contributed by atoms with Crippen molar-refractivity contribution in [2.45, 2.75) is 19.3 Å². The van der Waals surface area contributed by atoms with E-state index in [1.54, 1.807) is 0 Å². The fourth-order valence-electron chi connectivity index (χ4n) is 9.04.